The van der Waals surface area contributed by atoms with Gasteiger partial charge in [-0.15, -0.1) is 0 Å². The van der Waals surface area contributed by atoms with Gasteiger partial charge in [-0.05, 0) is 43.2 Å². The van der Waals surface area contributed by atoms with Crippen molar-refractivity contribution in [1.29, 1.82) is 0 Å². The summed E-state index contributed by atoms with van der Waals surface area (Å²) in [5.41, 5.74) is 0.290. The van der Waals surface area contributed by atoms with Crippen LogP contribution in [0.15, 0.2) is 36.5 Å². The molecule has 1 aromatic carbocycles. The lowest BCUT2D eigenvalue weighted by Gasteiger charge is -2.24. The minimum absolute atomic E-state index is 0.290. The van der Waals surface area contributed by atoms with Gasteiger partial charge in [0.2, 0.25) is 5.91 Å². The van der Waals surface area contributed by atoms with Crippen molar-refractivity contribution < 1.29 is 9.59 Å². The zero-order chi connectivity index (χ0) is 18.0. The third-order valence-corrected chi connectivity index (χ3v) is 4.74. The van der Waals surface area contributed by atoms with Crippen molar-refractivity contribution >= 4 is 52.4 Å². The maximum atomic E-state index is 12.8. The minimum Gasteiger partial charge on any atom is -0.327 e. The van der Waals surface area contributed by atoms with Gasteiger partial charge in [0.1, 0.15) is 11.9 Å². The first-order valence-corrected chi connectivity index (χ1v) is 8.77. The number of hydrogen-bond donors (Lipinski definition) is 1. The van der Waals surface area contributed by atoms with E-state index >= 15 is 0 Å². The number of halogens is 3. The molecule has 1 N–H and O–H groups in total. The summed E-state index contributed by atoms with van der Waals surface area (Å²) in [7, 11) is 0. The van der Waals surface area contributed by atoms with Crippen LogP contribution in [0.5, 0.6) is 0 Å². The predicted octanol–water partition coefficient (Wildman–Crippen LogP) is 4.29. The van der Waals surface area contributed by atoms with Crippen LogP contribution in [-0.2, 0) is 4.79 Å². The molecule has 2 amide bonds. The van der Waals surface area contributed by atoms with E-state index in [1.165, 1.54) is 17.2 Å². The summed E-state index contributed by atoms with van der Waals surface area (Å²) in [6.07, 6.45) is 2.75. The molecular weight excluding hydrogens is 385 g/mol. The first-order chi connectivity index (χ1) is 12.0. The number of pyridine rings is 1. The molecule has 1 saturated heterocycles. The van der Waals surface area contributed by atoms with Gasteiger partial charge in [0.25, 0.3) is 5.91 Å². The number of benzene rings is 1. The van der Waals surface area contributed by atoms with E-state index in [0.717, 1.165) is 6.42 Å². The highest BCUT2D eigenvalue weighted by Crippen LogP contribution is 2.26. The van der Waals surface area contributed by atoms with Gasteiger partial charge in [0.15, 0.2) is 0 Å². The van der Waals surface area contributed by atoms with Crippen LogP contribution in [0.3, 0.4) is 0 Å². The van der Waals surface area contributed by atoms with Crippen molar-refractivity contribution in [2.75, 3.05) is 11.9 Å². The number of anilines is 1. The van der Waals surface area contributed by atoms with E-state index < -0.39 is 6.04 Å². The lowest BCUT2D eigenvalue weighted by atomic mass is 10.1. The molecule has 1 aromatic heterocycles. The molecule has 0 spiro atoms. The molecular formula is C17H14Cl3N3O2. The molecule has 2 aromatic rings. The molecule has 25 heavy (non-hydrogen) atoms. The van der Waals surface area contributed by atoms with Crippen molar-refractivity contribution in [3.63, 3.8) is 0 Å². The van der Waals surface area contributed by atoms with E-state index in [1.54, 1.807) is 24.3 Å². The summed E-state index contributed by atoms with van der Waals surface area (Å²) < 4.78 is 0. The number of likely N-dealkylation sites (tertiary alicyclic amines) is 1. The first kappa shape index (κ1) is 18.0. The van der Waals surface area contributed by atoms with Gasteiger partial charge in [-0.25, -0.2) is 4.98 Å². The maximum Gasteiger partial charge on any atom is 0.256 e. The highest BCUT2D eigenvalue weighted by molar-refractivity contribution is 6.35. The van der Waals surface area contributed by atoms with Crippen LogP contribution < -0.4 is 5.32 Å². The fraction of sp³-hybridized carbons (Fsp3) is 0.235. The van der Waals surface area contributed by atoms with Gasteiger partial charge >= 0.3 is 0 Å². The Morgan fingerprint density at radius 2 is 1.88 bits per heavy atom. The number of carbonyl (C=O) groups excluding carboxylic acids is 2. The Labute approximate surface area is 159 Å². The molecule has 0 saturated carbocycles. The van der Waals surface area contributed by atoms with Crippen LogP contribution in [0.1, 0.15) is 23.2 Å². The molecule has 3 rings (SSSR count). The largest absolute Gasteiger partial charge is 0.327 e. The van der Waals surface area contributed by atoms with Crippen molar-refractivity contribution in [3.05, 3.63) is 57.2 Å². The quantitative estimate of drug-likeness (QED) is 0.839. The van der Waals surface area contributed by atoms with Gasteiger partial charge in [-0.3, -0.25) is 9.59 Å². The Balaban J connectivity index is 1.77. The van der Waals surface area contributed by atoms with Gasteiger partial charge in [-0.2, -0.15) is 0 Å². The summed E-state index contributed by atoms with van der Waals surface area (Å²) in [4.78, 5) is 30.9. The molecule has 8 heteroatoms. The van der Waals surface area contributed by atoms with Crippen LogP contribution in [0.25, 0.3) is 0 Å². The molecule has 1 unspecified atom stereocenters. The second-order valence-electron chi connectivity index (χ2n) is 5.63. The molecule has 0 bridgehead atoms. The van der Waals surface area contributed by atoms with E-state index in [2.05, 4.69) is 10.3 Å². The Morgan fingerprint density at radius 3 is 2.60 bits per heavy atom. The lowest BCUT2D eigenvalue weighted by Crippen LogP contribution is -2.43. The summed E-state index contributed by atoms with van der Waals surface area (Å²) >= 11 is 17.9. The Morgan fingerprint density at radius 1 is 1.12 bits per heavy atom. The van der Waals surface area contributed by atoms with Crippen molar-refractivity contribution in [3.8, 4) is 0 Å². The van der Waals surface area contributed by atoms with Crippen molar-refractivity contribution in [1.82, 2.24) is 9.88 Å². The van der Waals surface area contributed by atoms with Crippen LogP contribution in [-0.4, -0.2) is 34.3 Å². The zero-order valence-corrected chi connectivity index (χ0v) is 15.3. The second-order valence-corrected chi connectivity index (χ2v) is 6.91. The monoisotopic (exact) mass is 397 g/mol. The Kier molecular flexibility index (Phi) is 5.47. The van der Waals surface area contributed by atoms with Crippen molar-refractivity contribution in [2.24, 2.45) is 0 Å². The number of rotatable bonds is 3. The number of aromatic nitrogens is 1. The van der Waals surface area contributed by atoms with Crippen LogP contribution >= 0.6 is 34.8 Å². The van der Waals surface area contributed by atoms with Gasteiger partial charge < -0.3 is 10.2 Å². The van der Waals surface area contributed by atoms with Crippen LogP contribution in [0, 0.1) is 0 Å². The molecule has 0 aliphatic carbocycles. The highest BCUT2D eigenvalue weighted by atomic mass is 35.5. The Bertz CT molecular complexity index is 811. The minimum atomic E-state index is -0.583. The first-order valence-electron chi connectivity index (χ1n) is 7.64. The number of hydrogen-bond acceptors (Lipinski definition) is 3. The summed E-state index contributed by atoms with van der Waals surface area (Å²) in [6.45, 7) is 0.480. The normalized spacial score (nSPS) is 16.8. The van der Waals surface area contributed by atoms with Gasteiger partial charge in [0.05, 0.1) is 15.6 Å². The smallest absolute Gasteiger partial charge is 0.256 e. The lowest BCUT2D eigenvalue weighted by molar-refractivity contribution is -0.119. The topological polar surface area (TPSA) is 62.3 Å². The van der Waals surface area contributed by atoms with Gasteiger partial charge in [-0.1, -0.05) is 34.8 Å². The summed E-state index contributed by atoms with van der Waals surface area (Å²) in [6, 6.07) is 7.35. The standard InChI is InChI=1S/C17H14Cl3N3O2/c18-10-3-5-13(20)12(8-10)17(25)23-7-1-2-14(23)16(24)22-15-6-4-11(19)9-21-15/h3-6,8-9,14H,1-2,7H2,(H,21,22,24). The molecule has 1 fully saturated rings. The van der Waals surface area contributed by atoms with E-state index in [-0.39, 0.29) is 11.8 Å². The molecule has 2 heterocycles. The number of amides is 2. The maximum absolute atomic E-state index is 12.8. The number of nitrogens with one attached hydrogen (secondary N) is 1. The van der Waals surface area contributed by atoms with E-state index in [9.17, 15) is 9.59 Å². The number of nitrogens with zero attached hydrogens (tertiary/aromatic N) is 2. The fourth-order valence-electron chi connectivity index (χ4n) is 2.76. The highest BCUT2D eigenvalue weighted by Gasteiger charge is 2.35. The Hall–Kier alpha value is -1.82. The zero-order valence-electron chi connectivity index (χ0n) is 13.0. The third-order valence-electron chi connectivity index (χ3n) is 3.95. The molecule has 0 radical (unpaired) electrons. The predicted molar refractivity (Wildman–Crippen MR) is 98.4 cm³/mol. The number of carbonyl (C=O) groups is 2. The van der Waals surface area contributed by atoms with E-state index in [0.29, 0.717) is 39.4 Å². The molecule has 1 aliphatic heterocycles. The average molecular weight is 399 g/mol. The van der Waals surface area contributed by atoms with Crippen LogP contribution in [0.4, 0.5) is 5.82 Å². The second kappa shape index (κ2) is 7.60. The molecule has 1 aliphatic rings. The van der Waals surface area contributed by atoms with Crippen LogP contribution in [0.2, 0.25) is 15.1 Å². The summed E-state index contributed by atoms with van der Waals surface area (Å²) in [5.74, 6) is -0.220. The third kappa shape index (κ3) is 4.06. The molecule has 130 valence electrons. The SMILES string of the molecule is O=C(Nc1ccc(Cl)cn1)C1CCCN1C(=O)c1cc(Cl)ccc1Cl. The fourth-order valence-corrected chi connectivity index (χ4v) is 3.24. The summed E-state index contributed by atoms with van der Waals surface area (Å²) in [5, 5.41) is 3.91. The molecule has 1 atom stereocenters. The van der Waals surface area contributed by atoms with Crippen molar-refractivity contribution in [2.45, 2.75) is 18.9 Å². The van der Waals surface area contributed by atoms with E-state index in [1.807, 2.05) is 0 Å². The average Bonchev–Trinajstić information content (AvgIpc) is 3.08. The molecule has 5 nitrogen and oxygen atoms in total. The van der Waals surface area contributed by atoms with Gasteiger partial charge in [0, 0.05) is 17.8 Å². The van der Waals surface area contributed by atoms with E-state index in [4.69, 9.17) is 34.8 Å².